The smallest absolute Gasteiger partial charge is 0.344 e. The van der Waals surface area contributed by atoms with Gasteiger partial charge >= 0.3 is 5.97 Å². The van der Waals surface area contributed by atoms with Crippen LogP contribution in [0.15, 0.2) is 69.8 Å². The molecule has 1 saturated carbocycles. The largest absolute Gasteiger partial charge is 0.506 e. The normalized spacial score (nSPS) is 22.1. The number of ether oxygens (including phenoxy) is 2. The summed E-state index contributed by atoms with van der Waals surface area (Å²) in [5.41, 5.74) is 6.98. The first-order chi connectivity index (χ1) is 16.0. The van der Waals surface area contributed by atoms with Crippen molar-refractivity contribution in [3.8, 4) is 11.5 Å². The van der Waals surface area contributed by atoms with E-state index in [9.17, 15) is 15.0 Å². The number of aliphatic imine (C=N–C) groups is 1. The number of esters is 1. The number of carbonyl (C=O) groups is 1. The highest BCUT2D eigenvalue weighted by Gasteiger charge is 2.36. The number of aliphatic hydroxyl groups is 1. The van der Waals surface area contributed by atoms with E-state index in [1.165, 1.54) is 11.8 Å². The third-order valence-corrected chi connectivity index (χ3v) is 6.48. The van der Waals surface area contributed by atoms with E-state index in [2.05, 4.69) is 4.99 Å². The van der Waals surface area contributed by atoms with Gasteiger partial charge in [0.2, 0.25) is 0 Å². The number of aromatic hydroxyl groups is 1. The fourth-order valence-electron chi connectivity index (χ4n) is 3.51. The maximum Gasteiger partial charge on any atom is 0.344 e. The maximum absolute atomic E-state index is 12.5. The molecule has 33 heavy (non-hydrogen) atoms. The molecule has 8 heteroatoms. The van der Waals surface area contributed by atoms with E-state index in [1.807, 2.05) is 30.3 Å². The van der Waals surface area contributed by atoms with Gasteiger partial charge in [0.1, 0.15) is 16.4 Å². The minimum atomic E-state index is -0.636. The first-order valence-electron chi connectivity index (χ1n) is 10.8. The van der Waals surface area contributed by atoms with Gasteiger partial charge in [-0.15, -0.1) is 0 Å². The zero-order chi connectivity index (χ0) is 23.4. The molecule has 0 amide bonds. The molecule has 2 unspecified atom stereocenters. The minimum Gasteiger partial charge on any atom is -0.506 e. The van der Waals surface area contributed by atoms with Gasteiger partial charge < -0.3 is 25.4 Å². The second kappa shape index (κ2) is 10.1. The zero-order valence-electron chi connectivity index (χ0n) is 18.2. The van der Waals surface area contributed by atoms with Crippen LogP contribution in [0.2, 0.25) is 0 Å². The number of thioether (sulfide) groups is 1. The summed E-state index contributed by atoms with van der Waals surface area (Å²) >= 11 is 1.17. The van der Waals surface area contributed by atoms with E-state index in [0.29, 0.717) is 51.9 Å². The Kier molecular flexibility index (Phi) is 7.05. The Labute approximate surface area is 196 Å². The SMILES string of the molecule is CCOC(=O)C1=C(O)/C(=C/c2ccc(OCC3CC3CN)c(O)c2)SC1=Nc1ccccc1. The molecule has 0 bridgehead atoms. The molecule has 2 atom stereocenters. The standard InChI is InChI=1S/C25H26N2O5S/c1-2-31-25(30)22-23(29)21(33-24(22)27-18-6-4-3-5-7-18)11-15-8-9-20(19(28)10-15)32-14-17-12-16(17)13-26/h3-11,16-17,28-29H,2,12-14,26H2,1H3/b21-11-,27-24?. The third kappa shape index (κ3) is 5.40. The average molecular weight is 467 g/mol. The fourth-order valence-corrected chi connectivity index (χ4v) is 4.54. The van der Waals surface area contributed by atoms with Crippen molar-refractivity contribution in [2.24, 2.45) is 22.6 Å². The van der Waals surface area contributed by atoms with Crippen LogP contribution in [0.3, 0.4) is 0 Å². The van der Waals surface area contributed by atoms with Crippen molar-refractivity contribution in [3.05, 3.63) is 70.3 Å². The summed E-state index contributed by atoms with van der Waals surface area (Å²) in [5, 5.41) is 21.5. The number of aliphatic hydroxyl groups excluding tert-OH is 1. The molecular weight excluding hydrogens is 440 g/mol. The predicted molar refractivity (Wildman–Crippen MR) is 130 cm³/mol. The van der Waals surface area contributed by atoms with E-state index in [0.717, 1.165) is 6.42 Å². The number of hydrogen-bond donors (Lipinski definition) is 3. The van der Waals surface area contributed by atoms with Gasteiger partial charge in [0.05, 0.1) is 23.8 Å². The Morgan fingerprint density at radius 2 is 2.00 bits per heavy atom. The van der Waals surface area contributed by atoms with Gasteiger partial charge in [-0.1, -0.05) is 36.0 Å². The Bertz CT molecular complexity index is 1130. The van der Waals surface area contributed by atoms with Gasteiger partial charge in [0, 0.05) is 0 Å². The topological polar surface area (TPSA) is 114 Å². The van der Waals surface area contributed by atoms with Crippen molar-refractivity contribution in [2.45, 2.75) is 13.3 Å². The van der Waals surface area contributed by atoms with Gasteiger partial charge in [0.25, 0.3) is 0 Å². The number of phenols is 1. The number of rotatable bonds is 8. The maximum atomic E-state index is 12.5. The lowest BCUT2D eigenvalue weighted by Gasteiger charge is -2.08. The second-order valence-corrected chi connectivity index (χ2v) is 8.87. The third-order valence-electron chi connectivity index (χ3n) is 5.46. The van der Waals surface area contributed by atoms with Crippen LogP contribution in [0.1, 0.15) is 18.9 Å². The highest BCUT2D eigenvalue weighted by atomic mass is 32.2. The molecule has 172 valence electrons. The highest BCUT2D eigenvalue weighted by Crippen LogP contribution is 2.41. The Balaban J connectivity index is 1.57. The van der Waals surface area contributed by atoms with Gasteiger partial charge in [0.15, 0.2) is 11.5 Å². The van der Waals surface area contributed by atoms with E-state index in [1.54, 1.807) is 31.2 Å². The Morgan fingerprint density at radius 3 is 2.67 bits per heavy atom. The van der Waals surface area contributed by atoms with E-state index in [-0.39, 0.29) is 23.7 Å². The summed E-state index contributed by atoms with van der Waals surface area (Å²) in [6, 6.07) is 14.2. The van der Waals surface area contributed by atoms with Crippen molar-refractivity contribution >= 4 is 34.5 Å². The number of carbonyl (C=O) groups excluding carboxylic acids is 1. The summed E-state index contributed by atoms with van der Waals surface area (Å²) in [6.45, 7) is 3.07. The molecule has 2 aromatic rings. The average Bonchev–Trinajstić information content (AvgIpc) is 3.51. The number of nitrogens with zero attached hydrogens (tertiary/aromatic N) is 1. The van der Waals surface area contributed by atoms with E-state index < -0.39 is 5.97 Å². The van der Waals surface area contributed by atoms with Crippen molar-refractivity contribution in [3.63, 3.8) is 0 Å². The molecule has 1 aliphatic heterocycles. The summed E-state index contributed by atoms with van der Waals surface area (Å²) in [6.07, 6.45) is 2.74. The first-order valence-corrected chi connectivity index (χ1v) is 11.6. The van der Waals surface area contributed by atoms with Crippen LogP contribution in [0.5, 0.6) is 11.5 Å². The van der Waals surface area contributed by atoms with Crippen LogP contribution in [-0.4, -0.2) is 41.0 Å². The van der Waals surface area contributed by atoms with Gasteiger partial charge in [-0.3, -0.25) is 0 Å². The number of para-hydroxylation sites is 1. The Morgan fingerprint density at radius 1 is 1.21 bits per heavy atom. The molecule has 0 radical (unpaired) electrons. The molecule has 0 aromatic heterocycles. The van der Waals surface area contributed by atoms with Crippen LogP contribution in [0.25, 0.3) is 6.08 Å². The number of benzene rings is 2. The summed E-state index contributed by atoms with van der Waals surface area (Å²) in [7, 11) is 0. The molecule has 0 spiro atoms. The number of hydrogen-bond acceptors (Lipinski definition) is 8. The van der Waals surface area contributed by atoms with E-state index >= 15 is 0 Å². The van der Waals surface area contributed by atoms with Gasteiger partial charge in [-0.25, -0.2) is 9.79 Å². The van der Waals surface area contributed by atoms with Gasteiger partial charge in [-0.2, -0.15) is 0 Å². The molecule has 4 N–H and O–H groups in total. The molecule has 0 saturated heterocycles. The number of nitrogens with two attached hydrogens (primary N) is 1. The number of phenolic OH excluding ortho intramolecular Hbond substituents is 1. The molecule has 4 rings (SSSR count). The molecule has 7 nitrogen and oxygen atoms in total. The van der Waals surface area contributed by atoms with Crippen LogP contribution < -0.4 is 10.5 Å². The molecule has 1 fully saturated rings. The predicted octanol–water partition coefficient (Wildman–Crippen LogP) is 4.56. The molecule has 2 aliphatic rings. The quantitative estimate of drug-likeness (QED) is 0.489. The second-order valence-electron chi connectivity index (χ2n) is 7.84. The lowest BCUT2D eigenvalue weighted by atomic mass is 10.1. The van der Waals surface area contributed by atoms with Crippen LogP contribution in [0.4, 0.5) is 5.69 Å². The van der Waals surface area contributed by atoms with Crippen molar-refractivity contribution in [2.75, 3.05) is 19.8 Å². The molecule has 1 aliphatic carbocycles. The van der Waals surface area contributed by atoms with Crippen LogP contribution >= 0.6 is 11.8 Å². The van der Waals surface area contributed by atoms with Crippen LogP contribution in [0, 0.1) is 11.8 Å². The monoisotopic (exact) mass is 466 g/mol. The lowest BCUT2D eigenvalue weighted by Crippen LogP contribution is -2.12. The van der Waals surface area contributed by atoms with E-state index in [4.69, 9.17) is 15.2 Å². The van der Waals surface area contributed by atoms with Gasteiger partial charge in [-0.05, 0) is 67.6 Å². The van der Waals surface area contributed by atoms with Crippen molar-refractivity contribution in [1.82, 2.24) is 0 Å². The molecular formula is C25H26N2O5S. The fraction of sp³-hybridized carbons (Fsp3) is 0.280. The summed E-state index contributed by atoms with van der Waals surface area (Å²) in [5.74, 6) is 0.515. The lowest BCUT2D eigenvalue weighted by molar-refractivity contribution is -0.138. The summed E-state index contributed by atoms with van der Waals surface area (Å²) in [4.78, 5) is 17.5. The highest BCUT2D eigenvalue weighted by molar-refractivity contribution is 8.18. The first kappa shape index (κ1) is 22.9. The molecule has 1 heterocycles. The van der Waals surface area contributed by atoms with Crippen molar-refractivity contribution in [1.29, 1.82) is 0 Å². The van der Waals surface area contributed by atoms with Crippen LogP contribution in [-0.2, 0) is 9.53 Å². The molecule has 2 aromatic carbocycles. The Hall–Kier alpha value is -3.23. The summed E-state index contributed by atoms with van der Waals surface area (Å²) < 4.78 is 10.8. The van der Waals surface area contributed by atoms with Crippen molar-refractivity contribution < 1.29 is 24.5 Å². The zero-order valence-corrected chi connectivity index (χ0v) is 19.0. The minimum absolute atomic E-state index is 0.00422.